The first-order valence-electron chi connectivity index (χ1n) is 5.78. The molecule has 0 aliphatic heterocycles. The Morgan fingerprint density at radius 1 is 1.47 bits per heavy atom. The van der Waals surface area contributed by atoms with Gasteiger partial charge in [0.25, 0.3) is 0 Å². The maximum Gasteiger partial charge on any atom is 0.123 e. The molecule has 0 saturated heterocycles. The molecule has 0 saturated carbocycles. The first kappa shape index (κ1) is 13.7. The molecule has 3 N–H and O–H groups in total. The molecule has 0 aliphatic carbocycles. The molecule has 0 bridgehead atoms. The molecule has 0 spiro atoms. The Hall–Kier alpha value is -1.37. The van der Waals surface area contributed by atoms with Gasteiger partial charge in [-0.3, -0.25) is 0 Å². The molecular weight excluding hydrogens is 215 g/mol. The zero-order chi connectivity index (χ0) is 12.7. The molecule has 0 aliphatic rings. The summed E-state index contributed by atoms with van der Waals surface area (Å²) >= 11 is 0. The van der Waals surface area contributed by atoms with Crippen molar-refractivity contribution < 1.29 is 4.39 Å². The van der Waals surface area contributed by atoms with Crippen LogP contribution in [0, 0.1) is 24.6 Å². The van der Waals surface area contributed by atoms with Gasteiger partial charge in [0.05, 0.1) is 0 Å². The van der Waals surface area contributed by atoms with Crippen molar-refractivity contribution in [1.82, 2.24) is 5.32 Å². The molecule has 0 aromatic heterocycles. The fourth-order valence-electron chi connectivity index (χ4n) is 1.74. The normalized spacial score (nSPS) is 11.8. The number of aryl methyl sites for hydroxylation is 1. The van der Waals surface area contributed by atoms with Crippen LogP contribution >= 0.6 is 0 Å². The van der Waals surface area contributed by atoms with Crippen LogP contribution in [0.1, 0.15) is 30.5 Å². The van der Waals surface area contributed by atoms with E-state index in [4.69, 9.17) is 5.73 Å². The quantitative estimate of drug-likeness (QED) is 0.605. The van der Waals surface area contributed by atoms with Crippen LogP contribution in [0.15, 0.2) is 18.2 Å². The summed E-state index contributed by atoms with van der Waals surface area (Å²) in [6.07, 6.45) is 0.779. The van der Waals surface area contributed by atoms with E-state index in [9.17, 15) is 4.39 Å². The van der Waals surface area contributed by atoms with E-state index in [1.54, 1.807) is 12.1 Å². The lowest BCUT2D eigenvalue weighted by Gasteiger charge is -2.18. The summed E-state index contributed by atoms with van der Waals surface area (Å²) in [6.45, 7) is 4.99. The SMILES string of the molecule is CC#CCCNC(CN)c1cc(F)ccc1C. The summed E-state index contributed by atoms with van der Waals surface area (Å²) in [5.74, 6) is 5.59. The summed E-state index contributed by atoms with van der Waals surface area (Å²) in [7, 11) is 0. The number of nitrogens with two attached hydrogens (primary N) is 1. The third-order valence-electron chi connectivity index (χ3n) is 2.67. The molecule has 1 atom stereocenters. The van der Waals surface area contributed by atoms with Crippen molar-refractivity contribution in [1.29, 1.82) is 0 Å². The third kappa shape index (κ3) is 4.18. The van der Waals surface area contributed by atoms with Crippen molar-refractivity contribution in [3.8, 4) is 11.8 Å². The summed E-state index contributed by atoms with van der Waals surface area (Å²) in [5.41, 5.74) is 7.70. The molecule has 0 radical (unpaired) electrons. The fourth-order valence-corrected chi connectivity index (χ4v) is 1.74. The number of hydrogen-bond donors (Lipinski definition) is 2. The van der Waals surface area contributed by atoms with E-state index in [-0.39, 0.29) is 11.9 Å². The molecule has 1 unspecified atom stereocenters. The lowest BCUT2D eigenvalue weighted by Crippen LogP contribution is -2.29. The molecule has 0 heterocycles. The molecule has 1 aromatic rings. The largest absolute Gasteiger partial charge is 0.329 e. The Morgan fingerprint density at radius 2 is 2.24 bits per heavy atom. The highest BCUT2D eigenvalue weighted by atomic mass is 19.1. The fraction of sp³-hybridized carbons (Fsp3) is 0.429. The molecule has 1 aromatic carbocycles. The van der Waals surface area contributed by atoms with Crippen LogP contribution in [-0.2, 0) is 0 Å². The van der Waals surface area contributed by atoms with Gasteiger partial charge in [-0.1, -0.05) is 6.07 Å². The minimum Gasteiger partial charge on any atom is -0.329 e. The molecular formula is C14H19FN2. The summed E-state index contributed by atoms with van der Waals surface area (Å²) in [6, 6.07) is 4.78. The minimum absolute atomic E-state index is 0.00986. The highest BCUT2D eigenvalue weighted by Crippen LogP contribution is 2.18. The van der Waals surface area contributed by atoms with Crippen LogP contribution < -0.4 is 11.1 Å². The van der Waals surface area contributed by atoms with Crippen LogP contribution in [0.3, 0.4) is 0 Å². The van der Waals surface area contributed by atoms with E-state index in [0.29, 0.717) is 6.54 Å². The predicted molar refractivity (Wildman–Crippen MR) is 69.0 cm³/mol. The Bertz CT molecular complexity index is 418. The highest BCUT2D eigenvalue weighted by molar-refractivity contribution is 5.29. The van der Waals surface area contributed by atoms with Gasteiger partial charge < -0.3 is 11.1 Å². The Kier molecular flexibility index (Phi) is 5.68. The minimum atomic E-state index is -0.223. The van der Waals surface area contributed by atoms with Crippen LogP contribution in [0.25, 0.3) is 0 Å². The van der Waals surface area contributed by atoms with Gasteiger partial charge in [0.2, 0.25) is 0 Å². The summed E-state index contributed by atoms with van der Waals surface area (Å²) < 4.78 is 13.2. The Morgan fingerprint density at radius 3 is 2.88 bits per heavy atom. The van der Waals surface area contributed by atoms with Gasteiger partial charge in [0.1, 0.15) is 5.82 Å². The van der Waals surface area contributed by atoms with Crippen LogP contribution in [0.4, 0.5) is 4.39 Å². The average molecular weight is 234 g/mol. The topological polar surface area (TPSA) is 38.0 Å². The molecule has 17 heavy (non-hydrogen) atoms. The van der Waals surface area contributed by atoms with Crippen LogP contribution in [0.5, 0.6) is 0 Å². The Labute approximate surface area is 102 Å². The van der Waals surface area contributed by atoms with Gasteiger partial charge in [-0.2, -0.15) is 0 Å². The van der Waals surface area contributed by atoms with Gasteiger partial charge in [-0.15, -0.1) is 11.8 Å². The monoisotopic (exact) mass is 234 g/mol. The van der Waals surface area contributed by atoms with Crippen LogP contribution in [-0.4, -0.2) is 13.1 Å². The number of halogens is 1. The third-order valence-corrected chi connectivity index (χ3v) is 2.67. The average Bonchev–Trinajstić information content (AvgIpc) is 2.33. The number of hydrogen-bond acceptors (Lipinski definition) is 2. The zero-order valence-corrected chi connectivity index (χ0v) is 10.4. The van der Waals surface area contributed by atoms with Gasteiger partial charge in [-0.05, 0) is 37.1 Å². The number of rotatable bonds is 5. The molecule has 3 heteroatoms. The second-order valence-corrected chi connectivity index (χ2v) is 3.92. The maximum absolute atomic E-state index is 13.2. The molecule has 1 rings (SSSR count). The smallest absolute Gasteiger partial charge is 0.123 e. The van der Waals surface area contributed by atoms with E-state index < -0.39 is 0 Å². The lowest BCUT2D eigenvalue weighted by molar-refractivity contribution is 0.541. The number of benzene rings is 1. The maximum atomic E-state index is 13.2. The van der Waals surface area contributed by atoms with Crippen molar-refractivity contribution in [2.75, 3.05) is 13.1 Å². The van der Waals surface area contributed by atoms with Gasteiger partial charge in [-0.25, -0.2) is 4.39 Å². The molecule has 2 nitrogen and oxygen atoms in total. The van der Waals surface area contributed by atoms with Gasteiger partial charge in [0, 0.05) is 25.6 Å². The molecule has 0 fully saturated rings. The van der Waals surface area contributed by atoms with Crippen molar-refractivity contribution in [2.24, 2.45) is 5.73 Å². The zero-order valence-electron chi connectivity index (χ0n) is 10.4. The van der Waals surface area contributed by atoms with E-state index in [1.165, 1.54) is 6.07 Å². The first-order valence-corrected chi connectivity index (χ1v) is 5.78. The number of nitrogens with one attached hydrogen (secondary N) is 1. The van der Waals surface area contributed by atoms with E-state index >= 15 is 0 Å². The molecule has 0 amide bonds. The standard InChI is InChI=1S/C14H19FN2/c1-3-4-5-8-17-14(10-16)13-9-12(15)7-6-11(13)2/h6-7,9,14,17H,5,8,10,16H2,1-2H3. The van der Waals surface area contributed by atoms with Gasteiger partial charge >= 0.3 is 0 Å². The second kappa shape index (κ2) is 7.05. The van der Waals surface area contributed by atoms with Crippen molar-refractivity contribution in [2.45, 2.75) is 26.3 Å². The lowest BCUT2D eigenvalue weighted by atomic mass is 10.0. The van der Waals surface area contributed by atoms with Crippen molar-refractivity contribution >= 4 is 0 Å². The molecule has 92 valence electrons. The first-order chi connectivity index (χ1) is 8.19. The van der Waals surface area contributed by atoms with Crippen LogP contribution in [0.2, 0.25) is 0 Å². The van der Waals surface area contributed by atoms with E-state index in [2.05, 4.69) is 17.2 Å². The van der Waals surface area contributed by atoms with Crippen molar-refractivity contribution in [3.63, 3.8) is 0 Å². The predicted octanol–water partition coefficient (Wildman–Crippen LogP) is 2.14. The van der Waals surface area contributed by atoms with Gasteiger partial charge in [0.15, 0.2) is 0 Å². The van der Waals surface area contributed by atoms with E-state index in [1.807, 2.05) is 13.8 Å². The van der Waals surface area contributed by atoms with Crippen molar-refractivity contribution in [3.05, 3.63) is 35.1 Å². The second-order valence-electron chi connectivity index (χ2n) is 3.92. The van der Waals surface area contributed by atoms with E-state index in [0.717, 1.165) is 24.1 Å². The summed E-state index contributed by atoms with van der Waals surface area (Å²) in [4.78, 5) is 0. The Balaban J connectivity index is 2.70. The highest BCUT2D eigenvalue weighted by Gasteiger charge is 2.11. The summed E-state index contributed by atoms with van der Waals surface area (Å²) in [5, 5.41) is 3.29.